The Morgan fingerprint density at radius 1 is 1.35 bits per heavy atom. The summed E-state index contributed by atoms with van der Waals surface area (Å²) in [7, 11) is 3.38. The summed E-state index contributed by atoms with van der Waals surface area (Å²) in [6, 6.07) is 11.5. The zero-order valence-electron chi connectivity index (χ0n) is 18.3. The molecule has 1 fully saturated rings. The predicted molar refractivity (Wildman–Crippen MR) is 121 cm³/mol. The van der Waals surface area contributed by atoms with Crippen molar-refractivity contribution in [1.82, 2.24) is 19.8 Å². The van der Waals surface area contributed by atoms with E-state index < -0.39 is 0 Å². The molecule has 0 spiro atoms. The molecular weight excluding hydrogens is 390 g/mol. The van der Waals surface area contributed by atoms with Crippen molar-refractivity contribution in [2.75, 3.05) is 27.2 Å². The molecule has 1 aliphatic rings. The van der Waals surface area contributed by atoms with Crippen LogP contribution >= 0.6 is 0 Å². The third-order valence-corrected chi connectivity index (χ3v) is 5.35. The number of nitrogens with zero attached hydrogens (tertiary/aromatic N) is 4. The highest BCUT2D eigenvalue weighted by Gasteiger charge is 2.17. The Hall–Kier alpha value is -3.37. The number of rotatable bonds is 4. The van der Waals surface area contributed by atoms with Crippen LogP contribution < -0.4 is 0 Å². The van der Waals surface area contributed by atoms with Crippen LogP contribution in [0.5, 0.6) is 5.88 Å². The van der Waals surface area contributed by atoms with Crippen LogP contribution in [0.1, 0.15) is 30.9 Å². The van der Waals surface area contributed by atoms with Crippen LogP contribution in [0.4, 0.5) is 0 Å². The molecule has 2 N–H and O–H groups in total. The first-order valence-corrected chi connectivity index (χ1v) is 10.5. The van der Waals surface area contributed by atoms with E-state index in [1.54, 1.807) is 26.2 Å². The standard InChI is InChI=1S/C21H22N4O.C3H7NO/c1-14-3-2-8-25(12-14)13-16-5-7-19(23-11-16)20-17-9-15(10-22)4-6-18(17)24-21(20)26;1-4(2)3-5/h4-7,9,11,14,24,26H,2-3,8,12-13H2,1H3;3H,1-2H3. The average Bonchev–Trinajstić information content (AvgIpc) is 3.09. The molecule has 3 aromatic rings. The summed E-state index contributed by atoms with van der Waals surface area (Å²) in [5.41, 5.74) is 3.90. The monoisotopic (exact) mass is 419 g/mol. The number of aromatic hydroxyl groups is 1. The van der Waals surface area contributed by atoms with Gasteiger partial charge in [0.15, 0.2) is 5.88 Å². The Bertz CT molecular complexity index is 1070. The van der Waals surface area contributed by atoms with Crippen molar-refractivity contribution < 1.29 is 9.90 Å². The molecule has 4 rings (SSSR count). The van der Waals surface area contributed by atoms with Gasteiger partial charge in [-0.05, 0) is 55.1 Å². The van der Waals surface area contributed by atoms with Gasteiger partial charge in [-0.3, -0.25) is 14.7 Å². The molecule has 1 aliphatic heterocycles. The van der Waals surface area contributed by atoms with Crippen LogP contribution in [0.3, 0.4) is 0 Å². The molecule has 3 heterocycles. The Balaban J connectivity index is 0.000000491. The van der Waals surface area contributed by atoms with E-state index in [1.165, 1.54) is 23.3 Å². The normalized spacial score (nSPS) is 16.3. The Kier molecular flexibility index (Phi) is 7.27. The van der Waals surface area contributed by atoms with Crippen molar-refractivity contribution in [2.45, 2.75) is 26.3 Å². The number of aromatic amines is 1. The number of piperidine rings is 1. The lowest BCUT2D eigenvalue weighted by molar-refractivity contribution is -0.115. The summed E-state index contributed by atoms with van der Waals surface area (Å²) in [5, 5.41) is 20.3. The molecule has 162 valence electrons. The van der Waals surface area contributed by atoms with Gasteiger partial charge in [0.05, 0.1) is 22.9 Å². The highest BCUT2D eigenvalue weighted by molar-refractivity contribution is 5.98. The van der Waals surface area contributed by atoms with Crippen molar-refractivity contribution in [3.05, 3.63) is 47.7 Å². The van der Waals surface area contributed by atoms with Gasteiger partial charge in [0.25, 0.3) is 0 Å². The van der Waals surface area contributed by atoms with Crippen LogP contribution in [0, 0.1) is 17.2 Å². The number of amides is 1. The van der Waals surface area contributed by atoms with E-state index in [4.69, 9.17) is 5.26 Å². The van der Waals surface area contributed by atoms with Gasteiger partial charge in [0.2, 0.25) is 6.41 Å². The first kappa shape index (κ1) is 22.3. The molecule has 0 aliphatic carbocycles. The van der Waals surface area contributed by atoms with Crippen molar-refractivity contribution in [3.63, 3.8) is 0 Å². The summed E-state index contributed by atoms with van der Waals surface area (Å²) in [5.74, 6) is 0.841. The smallest absolute Gasteiger partial charge is 0.209 e. The summed E-state index contributed by atoms with van der Waals surface area (Å²) >= 11 is 0. The van der Waals surface area contributed by atoms with Gasteiger partial charge in [-0.15, -0.1) is 0 Å². The Labute approximate surface area is 182 Å². The maximum absolute atomic E-state index is 10.3. The molecule has 31 heavy (non-hydrogen) atoms. The molecule has 0 radical (unpaired) electrons. The number of H-pyrrole nitrogens is 1. The predicted octanol–water partition coefficient (Wildman–Crippen LogP) is 3.74. The molecule has 1 unspecified atom stereocenters. The fourth-order valence-electron chi connectivity index (χ4n) is 3.86. The van der Waals surface area contributed by atoms with Crippen LogP contribution in [0.15, 0.2) is 36.5 Å². The van der Waals surface area contributed by atoms with Crippen molar-refractivity contribution in [3.8, 4) is 23.2 Å². The molecule has 0 saturated carbocycles. The van der Waals surface area contributed by atoms with Gasteiger partial charge in [0, 0.05) is 44.3 Å². The zero-order valence-corrected chi connectivity index (χ0v) is 18.3. The molecular formula is C24H29N5O2. The van der Waals surface area contributed by atoms with Gasteiger partial charge in [-0.25, -0.2) is 0 Å². The fourth-order valence-corrected chi connectivity index (χ4v) is 3.86. The number of aromatic nitrogens is 2. The third kappa shape index (κ3) is 5.62. The molecule has 7 nitrogen and oxygen atoms in total. The second kappa shape index (κ2) is 10.1. The maximum Gasteiger partial charge on any atom is 0.209 e. The molecule has 1 amide bonds. The zero-order chi connectivity index (χ0) is 22.4. The van der Waals surface area contributed by atoms with Crippen LogP contribution in [0.2, 0.25) is 0 Å². The number of benzene rings is 1. The third-order valence-electron chi connectivity index (χ3n) is 5.35. The van der Waals surface area contributed by atoms with Gasteiger partial charge in [-0.1, -0.05) is 13.0 Å². The van der Waals surface area contributed by atoms with E-state index in [2.05, 4.69) is 33.9 Å². The number of nitrogens with one attached hydrogen (secondary N) is 1. The topological polar surface area (TPSA) is 96.2 Å². The highest BCUT2D eigenvalue weighted by Crippen LogP contribution is 2.36. The molecule has 2 aromatic heterocycles. The summed E-state index contributed by atoms with van der Waals surface area (Å²) in [6.45, 7) is 5.51. The van der Waals surface area contributed by atoms with Crippen molar-refractivity contribution in [1.29, 1.82) is 5.26 Å². The number of nitriles is 1. The Morgan fingerprint density at radius 2 is 2.13 bits per heavy atom. The summed E-state index contributed by atoms with van der Waals surface area (Å²) in [6.07, 6.45) is 5.22. The maximum atomic E-state index is 10.3. The van der Waals surface area contributed by atoms with E-state index in [0.717, 1.165) is 42.9 Å². The van der Waals surface area contributed by atoms with Crippen LogP contribution in [0.25, 0.3) is 22.2 Å². The van der Waals surface area contributed by atoms with E-state index in [0.29, 0.717) is 16.8 Å². The lowest BCUT2D eigenvalue weighted by Gasteiger charge is -2.30. The second-order valence-corrected chi connectivity index (χ2v) is 8.32. The number of pyridine rings is 1. The number of carbonyl (C=O) groups is 1. The average molecular weight is 420 g/mol. The minimum absolute atomic E-state index is 0.0835. The molecule has 7 heteroatoms. The second-order valence-electron chi connectivity index (χ2n) is 8.32. The van der Waals surface area contributed by atoms with Crippen LogP contribution in [-0.4, -0.2) is 58.5 Å². The minimum Gasteiger partial charge on any atom is -0.494 e. The fraction of sp³-hybridized carbons (Fsp3) is 0.375. The van der Waals surface area contributed by atoms with Crippen molar-refractivity contribution >= 4 is 17.3 Å². The number of fused-ring (bicyclic) bond motifs is 1. The lowest BCUT2D eigenvalue weighted by atomic mass is 10.00. The largest absolute Gasteiger partial charge is 0.494 e. The van der Waals surface area contributed by atoms with E-state index in [-0.39, 0.29) is 5.88 Å². The van der Waals surface area contributed by atoms with Gasteiger partial charge < -0.3 is 15.0 Å². The molecule has 1 aromatic carbocycles. The van der Waals surface area contributed by atoms with Gasteiger partial charge in [-0.2, -0.15) is 5.26 Å². The molecule has 1 saturated heterocycles. The lowest BCUT2D eigenvalue weighted by Crippen LogP contribution is -2.33. The number of hydrogen-bond donors (Lipinski definition) is 2. The summed E-state index contributed by atoms with van der Waals surface area (Å²) in [4.78, 5) is 20.9. The van der Waals surface area contributed by atoms with Crippen LogP contribution in [-0.2, 0) is 11.3 Å². The number of carbonyl (C=O) groups excluding carboxylic acids is 1. The van der Waals surface area contributed by atoms with Crippen molar-refractivity contribution in [2.24, 2.45) is 5.92 Å². The van der Waals surface area contributed by atoms with Gasteiger partial charge >= 0.3 is 0 Å². The first-order valence-electron chi connectivity index (χ1n) is 10.5. The highest BCUT2D eigenvalue weighted by atomic mass is 16.3. The number of likely N-dealkylation sites (tertiary alicyclic amines) is 1. The molecule has 1 atom stereocenters. The molecule has 0 bridgehead atoms. The Morgan fingerprint density at radius 3 is 2.74 bits per heavy atom. The first-order chi connectivity index (χ1) is 14.9. The SMILES string of the molecule is CC1CCCN(Cc2ccc(-c3c(O)[nH]c4ccc(C#N)cc34)nc2)C1.CN(C)C=O. The van der Waals surface area contributed by atoms with E-state index in [1.807, 2.05) is 18.3 Å². The quantitative estimate of drug-likeness (QED) is 0.628. The summed E-state index contributed by atoms with van der Waals surface area (Å²) < 4.78 is 0. The van der Waals surface area contributed by atoms with E-state index in [9.17, 15) is 9.90 Å². The van der Waals surface area contributed by atoms with E-state index >= 15 is 0 Å². The number of hydrogen-bond acceptors (Lipinski definition) is 5. The van der Waals surface area contributed by atoms with Gasteiger partial charge in [0.1, 0.15) is 0 Å². The minimum atomic E-state index is 0.0835.